The van der Waals surface area contributed by atoms with Gasteiger partial charge in [0.15, 0.2) is 0 Å². The van der Waals surface area contributed by atoms with Crippen LogP contribution >= 0.6 is 27.3 Å². The van der Waals surface area contributed by atoms with Crippen molar-refractivity contribution in [3.05, 3.63) is 51.1 Å². The molecule has 1 aromatic heterocycles. The second-order valence-corrected chi connectivity index (χ2v) is 10.6. The van der Waals surface area contributed by atoms with E-state index in [-0.39, 0.29) is 23.8 Å². The van der Waals surface area contributed by atoms with Crippen molar-refractivity contribution in [2.24, 2.45) is 0 Å². The fourth-order valence-electron chi connectivity index (χ4n) is 2.95. The molecule has 1 saturated heterocycles. The number of rotatable bonds is 7. The molecule has 6 nitrogen and oxygen atoms in total. The highest BCUT2D eigenvalue weighted by molar-refractivity contribution is 9.11. The monoisotopic (exact) mass is 471 g/mol. The number of nitrogens with one attached hydrogen (secondary N) is 1. The van der Waals surface area contributed by atoms with E-state index in [1.807, 2.05) is 4.90 Å². The molecule has 0 spiro atoms. The zero-order chi connectivity index (χ0) is 19.3. The molecule has 0 radical (unpaired) electrons. The minimum atomic E-state index is -3.56. The van der Waals surface area contributed by atoms with E-state index in [2.05, 4.69) is 37.7 Å². The number of amides is 1. The molecule has 9 heteroatoms. The predicted octanol–water partition coefficient (Wildman–Crippen LogP) is 2.52. The van der Waals surface area contributed by atoms with Crippen molar-refractivity contribution in [2.75, 3.05) is 32.7 Å². The van der Waals surface area contributed by atoms with Crippen LogP contribution in [0.25, 0.3) is 0 Å². The minimum Gasteiger partial charge on any atom is -0.340 e. The average Bonchev–Trinajstić information content (AvgIpc) is 3.07. The zero-order valence-corrected chi connectivity index (χ0v) is 18.0. The van der Waals surface area contributed by atoms with Crippen LogP contribution in [0.1, 0.15) is 11.3 Å². The van der Waals surface area contributed by atoms with Crippen molar-refractivity contribution < 1.29 is 13.2 Å². The topological polar surface area (TPSA) is 69.7 Å². The Bertz CT molecular complexity index is 863. The highest BCUT2D eigenvalue weighted by Crippen LogP contribution is 2.23. The van der Waals surface area contributed by atoms with E-state index >= 15 is 0 Å². The van der Waals surface area contributed by atoms with Crippen LogP contribution in [-0.2, 0) is 21.4 Å². The summed E-state index contributed by atoms with van der Waals surface area (Å²) in [5.41, 5.74) is 0. The Morgan fingerprint density at radius 1 is 1.07 bits per heavy atom. The van der Waals surface area contributed by atoms with E-state index in [0.717, 1.165) is 23.4 Å². The standard InChI is InChI=1S/C18H22BrN3O3S2/c19-17-7-6-15(26-17)14-21-10-12-22(13-11-21)18(23)8-9-20-27(24,25)16-4-2-1-3-5-16/h1-7,20H,8-14H2. The van der Waals surface area contributed by atoms with Gasteiger partial charge in [0.25, 0.3) is 0 Å². The van der Waals surface area contributed by atoms with Gasteiger partial charge < -0.3 is 4.90 Å². The molecule has 27 heavy (non-hydrogen) atoms. The molecule has 0 atom stereocenters. The summed E-state index contributed by atoms with van der Waals surface area (Å²) in [6.45, 7) is 4.02. The first-order valence-electron chi connectivity index (χ1n) is 8.73. The summed E-state index contributed by atoms with van der Waals surface area (Å²) in [5.74, 6) is -0.00993. The molecule has 1 aliphatic heterocycles. The van der Waals surface area contributed by atoms with Gasteiger partial charge in [0.1, 0.15) is 0 Å². The number of hydrogen-bond donors (Lipinski definition) is 1. The minimum absolute atomic E-state index is 0.00993. The Hall–Kier alpha value is -1.26. The third-order valence-electron chi connectivity index (χ3n) is 4.42. The van der Waals surface area contributed by atoms with Crippen LogP contribution in [0.4, 0.5) is 0 Å². The van der Waals surface area contributed by atoms with Gasteiger partial charge in [0, 0.05) is 50.6 Å². The van der Waals surface area contributed by atoms with Gasteiger partial charge in [-0.15, -0.1) is 11.3 Å². The highest BCUT2D eigenvalue weighted by Gasteiger charge is 2.22. The Morgan fingerprint density at radius 2 is 1.78 bits per heavy atom. The van der Waals surface area contributed by atoms with Gasteiger partial charge in [-0.2, -0.15) is 0 Å². The van der Waals surface area contributed by atoms with E-state index in [9.17, 15) is 13.2 Å². The fourth-order valence-corrected chi connectivity index (χ4v) is 5.52. The zero-order valence-electron chi connectivity index (χ0n) is 14.8. The summed E-state index contributed by atoms with van der Waals surface area (Å²) < 4.78 is 28.0. The van der Waals surface area contributed by atoms with Crippen LogP contribution in [0.3, 0.4) is 0 Å². The molecular formula is C18H22BrN3O3S2. The van der Waals surface area contributed by atoms with E-state index < -0.39 is 10.0 Å². The SMILES string of the molecule is O=C(CCNS(=O)(=O)c1ccccc1)N1CCN(Cc2ccc(Br)s2)CC1. The maximum absolute atomic E-state index is 12.4. The molecule has 0 saturated carbocycles. The maximum Gasteiger partial charge on any atom is 0.240 e. The lowest BCUT2D eigenvalue weighted by Gasteiger charge is -2.34. The van der Waals surface area contributed by atoms with Gasteiger partial charge >= 0.3 is 0 Å². The van der Waals surface area contributed by atoms with Crippen molar-refractivity contribution in [1.82, 2.24) is 14.5 Å². The number of sulfonamides is 1. The molecule has 1 aromatic carbocycles. The second-order valence-electron chi connectivity index (χ2n) is 6.32. The quantitative estimate of drug-likeness (QED) is 0.673. The lowest BCUT2D eigenvalue weighted by Crippen LogP contribution is -2.48. The van der Waals surface area contributed by atoms with E-state index in [0.29, 0.717) is 13.1 Å². The maximum atomic E-state index is 12.4. The summed E-state index contributed by atoms with van der Waals surface area (Å²) in [7, 11) is -3.56. The van der Waals surface area contributed by atoms with Crippen molar-refractivity contribution in [3.8, 4) is 0 Å². The molecule has 1 amide bonds. The molecule has 0 unspecified atom stereocenters. The second kappa shape index (κ2) is 9.29. The Morgan fingerprint density at radius 3 is 2.41 bits per heavy atom. The van der Waals surface area contributed by atoms with Gasteiger partial charge in [0.2, 0.25) is 15.9 Å². The molecule has 3 rings (SSSR count). The number of thiophene rings is 1. The number of nitrogens with zero attached hydrogens (tertiary/aromatic N) is 2. The molecule has 2 aromatic rings. The molecule has 1 N–H and O–H groups in total. The van der Waals surface area contributed by atoms with Crippen molar-refractivity contribution in [1.29, 1.82) is 0 Å². The number of carbonyl (C=O) groups excluding carboxylic acids is 1. The summed E-state index contributed by atoms with van der Waals surface area (Å²) in [6, 6.07) is 12.4. The van der Waals surface area contributed by atoms with Gasteiger partial charge in [-0.25, -0.2) is 13.1 Å². The smallest absolute Gasteiger partial charge is 0.240 e. The first kappa shape index (κ1) is 20.5. The van der Waals surface area contributed by atoms with Crippen molar-refractivity contribution in [3.63, 3.8) is 0 Å². The van der Waals surface area contributed by atoms with Crippen LogP contribution in [-0.4, -0.2) is 56.8 Å². The summed E-state index contributed by atoms with van der Waals surface area (Å²) in [5, 5.41) is 0. The number of halogens is 1. The van der Waals surface area contributed by atoms with Crippen LogP contribution in [0, 0.1) is 0 Å². The third-order valence-corrected chi connectivity index (χ3v) is 7.50. The van der Waals surface area contributed by atoms with Crippen LogP contribution in [0.15, 0.2) is 51.1 Å². The average molecular weight is 472 g/mol. The van der Waals surface area contributed by atoms with Crippen LogP contribution in [0.5, 0.6) is 0 Å². The first-order valence-corrected chi connectivity index (χ1v) is 11.8. The number of piperazine rings is 1. The molecule has 1 aliphatic rings. The molecular weight excluding hydrogens is 450 g/mol. The van der Waals surface area contributed by atoms with E-state index in [4.69, 9.17) is 0 Å². The first-order chi connectivity index (χ1) is 12.9. The Kier molecular flexibility index (Phi) is 7.04. The summed E-state index contributed by atoms with van der Waals surface area (Å²) in [4.78, 5) is 18.0. The third kappa shape index (κ3) is 5.86. The molecule has 0 aliphatic carbocycles. The van der Waals surface area contributed by atoms with Gasteiger partial charge in [-0.1, -0.05) is 18.2 Å². The summed E-state index contributed by atoms with van der Waals surface area (Å²) in [6.07, 6.45) is 0.171. The number of carbonyl (C=O) groups is 1. The lowest BCUT2D eigenvalue weighted by molar-refractivity contribution is -0.132. The Labute approximate surface area is 172 Å². The number of hydrogen-bond acceptors (Lipinski definition) is 5. The van der Waals surface area contributed by atoms with Crippen LogP contribution < -0.4 is 4.72 Å². The highest BCUT2D eigenvalue weighted by atomic mass is 79.9. The van der Waals surface area contributed by atoms with Crippen molar-refractivity contribution >= 4 is 43.2 Å². The van der Waals surface area contributed by atoms with E-state index in [1.165, 1.54) is 17.0 Å². The molecule has 1 fully saturated rings. The number of benzene rings is 1. The molecule has 146 valence electrons. The fraction of sp³-hybridized carbons (Fsp3) is 0.389. The van der Waals surface area contributed by atoms with Crippen molar-refractivity contribution in [2.45, 2.75) is 17.9 Å². The Balaban J connectivity index is 1.41. The molecule has 0 bridgehead atoms. The predicted molar refractivity (Wildman–Crippen MR) is 110 cm³/mol. The normalized spacial score (nSPS) is 15.8. The largest absolute Gasteiger partial charge is 0.340 e. The van der Waals surface area contributed by atoms with Gasteiger partial charge in [-0.3, -0.25) is 9.69 Å². The molecule has 2 heterocycles. The lowest BCUT2D eigenvalue weighted by atomic mass is 10.2. The van der Waals surface area contributed by atoms with Gasteiger partial charge in [0.05, 0.1) is 8.68 Å². The van der Waals surface area contributed by atoms with Crippen LogP contribution in [0.2, 0.25) is 0 Å². The summed E-state index contributed by atoms with van der Waals surface area (Å²) >= 11 is 5.21. The van der Waals surface area contributed by atoms with E-state index in [1.54, 1.807) is 29.5 Å². The van der Waals surface area contributed by atoms with Gasteiger partial charge in [-0.05, 0) is 40.2 Å².